The summed E-state index contributed by atoms with van der Waals surface area (Å²) in [6.07, 6.45) is 0. The number of carbonyl (C=O) groups excluding carboxylic acids is 1. The van der Waals surface area contributed by atoms with Crippen molar-refractivity contribution in [1.82, 2.24) is 20.5 Å². The van der Waals surface area contributed by atoms with Crippen LogP contribution < -0.4 is 10.2 Å². The molecule has 0 radical (unpaired) electrons. The van der Waals surface area contributed by atoms with Crippen LogP contribution in [0.5, 0.6) is 5.75 Å². The smallest absolute Gasteiger partial charge is 0.281 e. The van der Waals surface area contributed by atoms with Crippen molar-refractivity contribution >= 4 is 16.9 Å². The highest BCUT2D eigenvalue weighted by Gasteiger charge is 2.12. The van der Waals surface area contributed by atoms with Crippen molar-refractivity contribution in [2.45, 2.75) is 6.92 Å². The fourth-order valence-corrected chi connectivity index (χ4v) is 2.16. The Bertz CT molecular complexity index is 811. The highest BCUT2D eigenvalue weighted by molar-refractivity contribution is 5.76. The van der Waals surface area contributed by atoms with E-state index in [0.717, 1.165) is 16.6 Å². The van der Waals surface area contributed by atoms with Gasteiger partial charge >= 0.3 is 0 Å². The Balaban J connectivity index is 1.94. The third-order valence-electron chi connectivity index (χ3n) is 3.19. The molecule has 0 bridgehead atoms. The van der Waals surface area contributed by atoms with Crippen LogP contribution in [0, 0.1) is 6.92 Å². The average Bonchev–Trinajstić information content (AvgIpc) is 2.98. The number of nitrogens with zero attached hydrogens (tertiary/aromatic N) is 3. The lowest BCUT2D eigenvalue weighted by Gasteiger charge is -2.11. The summed E-state index contributed by atoms with van der Waals surface area (Å²) in [4.78, 5) is 17.5. The Labute approximate surface area is 132 Å². The van der Waals surface area contributed by atoms with Gasteiger partial charge in [0.15, 0.2) is 6.61 Å². The molecule has 0 atom stereocenters. The topological polar surface area (TPSA) is 78.3 Å². The minimum atomic E-state index is -0.377. The van der Waals surface area contributed by atoms with Crippen LogP contribution in [-0.4, -0.2) is 34.6 Å². The van der Waals surface area contributed by atoms with Crippen molar-refractivity contribution in [2.24, 2.45) is 0 Å². The molecule has 1 aromatic heterocycles. The first-order chi connectivity index (χ1) is 11.2. The van der Waals surface area contributed by atoms with Crippen molar-refractivity contribution in [1.29, 1.82) is 0 Å². The minimum Gasteiger partial charge on any atom is -0.481 e. The predicted molar refractivity (Wildman–Crippen MR) is 84.2 cm³/mol. The maximum atomic E-state index is 11.5. The molecule has 0 aliphatic heterocycles. The number of ether oxygens (including phenoxy) is 1. The van der Waals surface area contributed by atoms with Crippen molar-refractivity contribution in [3.8, 4) is 11.4 Å². The molecule has 7 heteroatoms. The van der Waals surface area contributed by atoms with Crippen molar-refractivity contribution in [2.75, 3.05) is 13.7 Å². The van der Waals surface area contributed by atoms with Crippen LogP contribution in [0.3, 0.4) is 0 Å². The normalized spacial score (nSPS) is 10.7. The van der Waals surface area contributed by atoms with E-state index in [-0.39, 0.29) is 12.5 Å². The highest BCUT2D eigenvalue weighted by Crippen LogP contribution is 2.24. The van der Waals surface area contributed by atoms with Crippen LogP contribution in [0.25, 0.3) is 16.7 Å². The summed E-state index contributed by atoms with van der Waals surface area (Å²) in [5.41, 5.74) is 5.49. The Morgan fingerprint density at radius 2 is 1.87 bits per heavy atom. The number of nitrogens with one attached hydrogen (secondary N) is 1. The standard InChI is InChI=1S/C16H16N4O3/c1-11-7-8-15(23-10-16(21)19-22-2)14(9-11)20-17-12-5-3-4-6-13(12)18-20/h3-9H,10H2,1-2H3,(H,19,21). The van der Waals surface area contributed by atoms with Gasteiger partial charge in [-0.1, -0.05) is 18.2 Å². The maximum Gasteiger partial charge on any atom is 0.281 e. The highest BCUT2D eigenvalue weighted by atomic mass is 16.6. The van der Waals surface area contributed by atoms with Gasteiger partial charge in [-0.05, 0) is 36.8 Å². The summed E-state index contributed by atoms with van der Waals surface area (Å²) in [7, 11) is 1.37. The molecule has 1 amide bonds. The maximum absolute atomic E-state index is 11.5. The second-order valence-electron chi connectivity index (χ2n) is 4.97. The van der Waals surface area contributed by atoms with E-state index in [1.54, 1.807) is 6.07 Å². The van der Waals surface area contributed by atoms with Crippen LogP contribution in [-0.2, 0) is 9.63 Å². The van der Waals surface area contributed by atoms with Gasteiger partial charge in [-0.3, -0.25) is 9.63 Å². The largest absolute Gasteiger partial charge is 0.481 e. The van der Waals surface area contributed by atoms with Gasteiger partial charge in [0.25, 0.3) is 5.91 Å². The van der Waals surface area contributed by atoms with Crippen molar-refractivity contribution < 1.29 is 14.4 Å². The zero-order chi connectivity index (χ0) is 16.2. The molecule has 2 aromatic carbocycles. The van der Waals surface area contributed by atoms with E-state index in [4.69, 9.17) is 4.74 Å². The Hall–Kier alpha value is -2.93. The number of aromatic nitrogens is 3. The van der Waals surface area contributed by atoms with Crippen molar-refractivity contribution in [3.63, 3.8) is 0 Å². The molecule has 0 aliphatic carbocycles. The fourth-order valence-electron chi connectivity index (χ4n) is 2.16. The number of amides is 1. The number of fused-ring (bicyclic) bond motifs is 1. The van der Waals surface area contributed by atoms with Gasteiger partial charge in [0, 0.05) is 0 Å². The number of hydrogen-bond acceptors (Lipinski definition) is 5. The predicted octanol–water partition coefficient (Wildman–Crippen LogP) is 1.79. The van der Waals surface area contributed by atoms with E-state index in [1.165, 1.54) is 11.9 Å². The van der Waals surface area contributed by atoms with Gasteiger partial charge in [0.2, 0.25) is 0 Å². The number of hydroxylamine groups is 1. The Morgan fingerprint density at radius 3 is 2.52 bits per heavy atom. The molecule has 3 rings (SSSR count). The quantitative estimate of drug-likeness (QED) is 0.727. The lowest BCUT2D eigenvalue weighted by molar-refractivity contribution is -0.133. The molecule has 0 saturated heterocycles. The third kappa shape index (κ3) is 3.29. The molecule has 1 heterocycles. The second kappa shape index (κ2) is 6.45. The Morgan fingerprint density at radius 1 is 1.17 bits per heavy atom. The van der Waals surface area contributed by atoms with E-state index in [9.17, 15) is 4.79 Å². The fraction of sp³-hybridized carbons (Fsp3) is 0.188. The lowest BCUT2D eigenvalue weighted by Crippen LogP contribution is -2.28. The monoisotopic (exact) mass is 312 g/mol. The molecule has 0 fully saturated rings. The Kier molecular flexibility index (Phi) is 4.20. The first-order valence-electron chi connectivity index (χ1n) is 7.05. The molecule has 0 saturated carbocycles. The summed E-state index contributed by atoms with van der Waals surface area (Å²) in [5.74, 6) is 0.139. The van der Waals surface area contributed by atoms with Crippen LogP contribution in [0.1, 0.15) is 5.56 Å². The zero-order valence-electron chi connectivity index (χ0n) is 12.8. The summed E-state index contributed by atoms with van der Waals surface area (Å²) in [6, 6.07) is 13.2. The molecule has 3 aromatic rings. The molecule has 118 valence electrons. The number of aryl methyl sites for hydroxylation is 1. The zero-order valence-corrected chi connectivity index (χ0v) is 12.8. The van der Waals surface area contributed by atoms with Crippen LogP contribution in [0.4, 0.5) is 0 Å². The molecular weight excluding hydrogens is 296 g/mol. The summed E-state index contributed by atoms with van der Waals surface area (Å²) >= 11 is 0. The SMILES string of the molecule is CONC(=O)COc1ccc(C)cc1-n1nc2ccccc2n1. The molecule has 1 N–H and O–H groups in total. The number of carbonyl (C=O) groups is 1. The van der Waals surface area contributed by atoms with Gasteiger partial charge < -0.3 is 4.74 Å². The average molecular weight is 312 g/mol. The summed E-state index contributed by atoms with van der Waals surface area (Å²) in [5, 5.41) is 8.90. The molecule has 23 heavy (non-hydrogen) atoms. The molecule has 0 unspecified atom stereocenters. The molecule has 0 aliphatic rings. The van der Waals surface area contributed by atoms with Crippen molar-refractivity contribution in [3.05, 3.63) is 48.0 Å². The van der Waals surface area contributed by atoms with E-state index in [1.807, 2.05) is 43.3 Å². The van der Waals surface area contributed by atoms with Gasteiger partial charge in [0.05, 0.1) is 7.11 Å². The third-order valence-corrected chi connectivity index (χ3v) is 3.19. The van der Waals surface area contributed by atoms with E-state index < -0.39 is 0 Å². The number of hydrogen-bond donors (Lipinski definition) is 1. The first-order valence-corrected chi connectivity index (χ1v) is 7.05. The lowest BCUT2D eigenvalue weighted by atomic mass is 10.2. The van der Waals surface area contributed by atoms with Crippen LogP contribution >= 0.6 is 0 Å². The van der Waals surface area contributed by atoms with E-state index in [2.05, 4.69) is 20.5 Å². The minimum absolute atomic E-state index is 0.162. The van der Waals surface area contributed by atoms with Gasteiger partial charge in [-0.2, -0.15) is 0 Å². The summed E-state index contributed by atoms with van der Waals surface area (Å²) < 4.78 is 5.56. The van der Waals surface area contributed by atoms with Gasteiger partial charge in [-0.25, -0.2) is 5.48 Å². The molecular formula is C16H16N4O3. The number of benzene rings is 2. The van der Waals surface area contributed by atoms with E-state index >= 15 is 0 Å². The van der Waals surface area contributed by atoms with Crippen LogP contribution in [0.2, 0.25) is 0 Å². The molecule has 7 nitrogen and oxygen atoms in total. The second-order valence-corrected chi connectivity index (χ2v) is 4.97. The first kappa shape index (κ1) is 15.0. The molecule has 0 spiro atoms. The van der Waals surface area contributed by atoms with Crippen LogP contribution in [0.15, 0.2) is 42.5 Å². The van der Waals surface area contributed by atoms with Gasteiger partial charge in [-0.15, -0.1) is 15.0 Å². The van der Waals surface area contributed by atoms with Gasteiger partial charge in [0.1, 0.15) is 22.5 Å². The number of rotatable bonds is 5. The van der Waals surface area contributed by atoms with E-state index in [0.29, 0.717) is 11.4 Å². The summed E-state index contributed by atoms with van der Waals surface area (Å²) in [6.45, 7) is 1.80.